The zero-order valence-corrected chi connectivity index (χ0v) is 20.6. The molecule has 34 heavy (non-hydrogen) atoms. The van der Waals surface area contributed by atoms with E-state index in [1.54, 1.807) is 13.0 Å². The molecule has 2 N–H and O–H groups in total. The van der Waals surface area contributed by atoms with Gasteiger partial charge >= 0.3 is 12.0 Å². The molecule has 0 bridgehead atoms. The van der Waals surface area contributed by atoms with Gasteiger partial charge in [0.05, 0.1) is 18.2 Å². The molecule has 2 aromatic rings. The van der Waals surface area contributed by atoms with Crippen molar-refractivity contribution in [2.45, 2.75) is 26.8 Å². The summed E-state index contributed by atoms with van der Waals surface area (Å²) in [6, 6.07) is 12.7. The summed E-state index contributed by atoms with van der Waals surface area (Å²) in [6.45, 7) is 10.1. The van der Waals surface area contributed by atoms with Crippen LogP contribution in [0.5, 0.6) is 0 Å². The maximum absolute atomic E-state index is 13.0. The molecule has 0 radical (unpaired) electrons. The number of rotatable bonds is 6. The standard InChI is InChI=1S/C26H31ClN4O3/c1-4-34-25(32)23-21(28-26(33)29-24(23)19-7-5-6-8-20(19)27)16-30-11-13-31(14-12-30)22-15-17(2)9-10-18(22)3/h5-10,15,24H,4,11-14,16H2,1-3H3,(H2,28,29,33)/t24-/m0/s1. The van der Waals surface area contributed by atoms with Crippen LogP contribution in [0.25, 0.3) is 0 Å². The number of halogens is 1. The van der Waals surface area contributed by atoms with Crippen LogP contribution in [-0.4, -0.2) is 56.2 Å². The van der Waals surface area contributed by atoms with E-state index in [1.807, 2.05) is 18.2 Å². The van der Waals surface area contributed by atoms with E-state index in [-0.39, 0.29) is 12.6 Å². The van der Waals surface area contributed by atoms with Crippen LogP contribution in [0.3, 0.4) is 0 Å². The average Bonchev–Trinajstić information content (AvgIpc) is 2.81. The van der Waals surface area contributed by atoms with Crippen LogP contribution in [0.15, 0.2) is 53.7 Å². The molecule has 1 fully saturated rings. The number of benzene rings is 2. The van der Waals surface area contributed by atoms with Gasteiger partial charge in [-0.15, -0.1) is 0 Å². The number of hydrogen-bond acceptors (Lipinski definition) is 5. The van der Waals surface area contributed by atoms with Crippen molar-refractivity contribution in [2.75, 3.05) is 44.2 Å². The number of ether oxygens (including phenoxy) is 1. The first-order valence-electron chi connectivity index (χ1n) is 11.6. The maximum atomic E-state index is 13.0. The molecule has 2 amide bonds. The molecular formula is C26H31ClN4O3. The fourth-order valence-electron chi connectivity index (χ4n) is 4.57. The van der Waals surface area contributed by atoms with Crippen LogP contribution in [0.4, 0.5) is 10.5 Å². The Hall–Kier alpha value is -3.03. The third-order valence-corrected chi connectivity index (χ3v) is 6.67. The van der Waals surface area contributed by atoms with E-state index >= 15 is 0 Å². The Bertz CT molecular complexity index is 1110. The number of esters is 1. The number of aryl methyl sites for hydroxylation is 2. The van der Waals surface area contributed by atoms with Crippen LogP contribution >= 0.6 is 11.6 Å². The lowest BCUT2D eigenvalue weighted by atomic mass is 9.94. The van der Waals surface area contributed by atoms with Crippen molar-refractivity contribution in [3.8, 4) is 0 Å². The van der Waals surface area contributed by atoms with Gasteiger partial charge in [-0.3, -0.25) is 4.90 Å². The lowest BCUT2D eigenvalue weighted by Crippen LogP contribution is -2.52. The number of carbonyl (C=O) groups is 2. The average molecular weight is 483 g/mol. The van der Waals surface area contributed by atoms with E-state index in [1.165, 1.54) is 16.8 Å². The predicted molar refractivity (Wildman–Crippen MR) is 134 cm³/mol. The molecule has 0 unspecified atom stereocenters. The van der Waals surface area contributed by atoms with Crippen molar-refractivity contribution >= 4 is 29.3 Å². The van der Waals surface area contributed by atoms with Crippen molar-refractivity contribution in [1.29, 1.82) is 0 Å². The van der Waals surface area contributed by atoms with E-state index < -0.39 is 12.0 Å². The monoisotopic (exact) mass is 482 g/mol. The molecule has 8 heteroatoms. The third kappa shape index (κ3) is 5.21. The molecule has 4 rings (SSSR count). The highest BCUT2D eigenvalue weighted by Gasteiger charge is 2.35. The van der Waals surface area contributed by atoms with E-state index in [4.69, 9.17) is 16.3 Å². The number of piperazine rings is 1. The number of nitrogens with zero attached hydrogens (tertiary/aromatic N) is 2. The quantitative estimate of drug-likeness (QED) is 0.610. The van der Waals surface area contributed by atoms with E-state index in [0.29, 0.717) is 28.4 Å². The summed E-state index contributed by atoms with van der Waals surface area (Å²) in [4.78, 5) is 30.2. The summed E-state index contributed by atoms with van der Waals surface area (Å²) in [5.74, 6) is -0.455. The lowest BCUT2D eigenvalue weighted by molar-refractivity contribution is -0.139. The Labute approximate surface area is 205 Å². The highest BCUT2D eigenvalue weighted by Crippen LogP contribution is 2.32. The minimum Gasteiger partial charge on any atom is -0.463 e. The van der Waals surface area contributed by atoms with Crippen LogP contribution < -0.4 is 15.5 Å². The molecule has 1 saturated heterocycles. The fraction of sp³-hybridized carbons (Fsp3) is 0.385. The lowest BCUT2D eigenvalue weighted by Gasteiger charge is -2.38. The first-order valence-corrected chi connectivity index (χ1v) is 12.0. The number of hydrogen-bond donors (Lipinski definition) is 2. The fourth-order valence-corrected chi connectivity index (χ4v) is 4.81. The van der Waals surface area contributed by atoms with Crippen LogP contribution in [-0.2, 0) is 9.53 Å². The Morgan fingerprint density at radius 3 is 2.56 bits per heavy atom. The van der Waals surface area contributed by atoms with Gasteiger partial charge in [-0.1, -0.05) is 41.9 Å². The van der Waals surface area contributed by atoms with Crippen LogP contribution in [0, 0.1) is 13.8 Å². The summed E-state index contributed by atoms with van der Waals surface area (Å²) < 4.78 is 5.37. The van der Waals surface area contributed by atoms with Gasteiger partial charge in [0.1, 0.15) is 0 Å². The third-order valence-electron chi connectivity index (χ3n) is 6.32. The first kappa shape index (κ1) is 24.1. The molecule has 0 aromatic heterocycles. The van der Waals surface area contributed by atoms with Gasteiger partial charge < -0.3 is 20.3 Å². The van der Waals surface area contributed by atoms with Crippen molar-refractivity contribution in [3.63, 3.8) is 0 Å². The number of nitrogens with one attached hydrogen (secondary N) is 2. The van der Waals surface area contributed by atoms with Crippen LogP contribution in [0.2, 0.25) is 5.02 Å². The number of urea groups is 1. The SMILES string of the molecule is CCOC(=O)C1=C(CN2CCN(c3cc(C)ccc3C)CC2)NC(=O)N[C@H]1c1ccccc1Cl. The first-order chi connectivity index (χ1) is 16.4. The number of amides is 2. The largest absolute Gasteiger partial charge is 0.463 e. The summed E-state index contributed by atoms with van der Waals surface area (Å²) in [6.07, 6.45) is 0. The van der Waals surface area contributed by atoms with Gasteiger partial charge in [-0.25, -0.2) is 9.59 Å². The Morgan fingerprint density at radius 1 is 1.12 bits per heavy atom. The zero-order chi connectivity index (χ0) is 24.2. The zero-order valence-electron chi connectivity index (χ0n) is 19.9. The smallest absolute Gasteiger partial charge is 0.338 e. The summed E-state index contributed by atoms with van der Waals surface area (Å²) in [5, 5.41) is 6.20. The van der Waals surface area contributed by atoms with Gasteiger partial charge in [0.15, 0.2) is 0 Å². The molecule has 1 atom stereocenters. The minimum atomic E-state index is -0.673. The summed E-state index contributed by atoms with van der Waals surface area (Å²) >= 11 is 6.43. The molecule has 2 heterocycles. The second-order valence-corrected chi connectivity index (χ2v) is 9.13. The Balaban J connectivity index is 1.57. The van der Waals surface area contributed by atoms with Gasteiger partial charge in [-0.05, 0) is 49.6 Å². The highest BCUT2D eigenvalue weighted by molar-refractivity contribution is 6.31. The summed E-state index contributed by atoms with van der Waals surface area (Å²) in [7, 11) is 0. The van der Waals surface area contributed by atoms with Crippen molar-refractivity contribution in [3.05, 3.63) is 75.4 Å². The second-order valence-electron chi connectivity index (χ2n) is 8.72. The molecule has 2 aromatic carbocycles. The molecule has 0 aliphatic carbocycles. The van der Waals surface area contributed by atoms with Crippen molar-refractivity contribution in [1.82, 2.24) is 15.5 Å². The molecule has 2 aliphatic heterocycles. The van der Waals surface area contributed by atoms with Gasteiger partial charge in [0.2, 0.25) is 0 Å². The summed E-state index contributed by atoms with van der Waals surface area (Å²) in [5.41, 5.74) is 5.40. The topological polar surface area (TPSA) is 73.9 Å². The van der Waals surface area contributed by atoms with E-state index in [2.05, 4.69) is 52.5 Å². The van der Waals surface area contributed by atoms with E-state index in [9.17, 15) is 9.59 Å². The highest BCUT2D eigenvalue weighted by atomic mass is 35.5. The Morgan fingerprint density at radius 2 is 1.85 bits per heavy atom. The normalized spacial score (nSPS) is 19.0. The predicted octanol–water partition coefficient (Wildman–Crippen LogP) is 3.95. The molecule has 180 valence electrons. The van der Waals surface area contributed by atoms with Gasteiger partial charge in [-0.2, -0.15) is 0 Å². The second kappa shape index (κ2) is 10.5. The van der Waals surface area contributed by atoms with Crippen molar-refractivity contribution < 1.29 is 14.3 Å². The van der Waals surface area contributed by atoms with Crippen molar-refractivity contribution in [2.24, 2.45) is 0 Å². The molecular weight excluding hydrogens is 452 g/mol. The van der Waals surface area contributed by atoms with Gasteiger partial charge in [0.25, 0.3) is 0 Å². The molecule has 7 nitrogen and oxygen atoms in total. The minimum absolute atomic E-state index is 0.243. The molecule has 0 saturated carbocycles. The molecule has 2 aliphatic rings. The number of anilines is 1. The Kier molecular flexibility index (Phi) is 7.44. The van der Waals surface area contributed by atoms with Crippen LogP contribution in [0.1, 0.15) is 29.7 Å². The van der Waals surface area contributed by atoms with Gasteiger partial charge in [0, 0.05) is 49.1 Å². The van der Waals surface area contributed by atoms with E-state index in [0.717, 1.165) is 26.2 Å². The number of carbonyl (C=O) groups excluding carboxylic acids is 2. The molecule has 0 spiro atoms. The maximum Gasteiger partial charge on any atom is 0.338 e.